The lowest BCUT2D eigenvalue weighted by atomic mass is 9.83. The lowest BCUT2D eigenvalue weighted by Crippen LogP contribution is -2.07. The second-order valence-corrected chi connectivity index (χ2v) is 10.9. The first kappa shape index (κ1) is 29.8. The van der Waals surface area contributed by atoms with E-state index >= 15 is 8.78 Å². The molecule has 0 aromatic heterocycles. The summed E-state index contributed by atoms with van der Waals surface area (Å²) < 4.78 is 60.1. The maximum atomic E-state index is 15.2. The Labute approximate surface area is 236 Å². The van der Waals surface area contributed by atoms with Crippen LogP contribution in [0.25, 0.3) is 27.8 Å². The van der Waals surface area contributed by atoms with Gasteiger partial charge >= 0.3 is 0 Å². The Bertz CT molecular complexity index is 1330. The summed E-state index contributed by atoms with van der Waals surface area (Å²) in [5.41, 5.74) is 2.87. The van der Waals surface area contributed by atoms with E-state index in [2.05, 4.69) is 25.2 Å². The third-order valence-corrected chi connectivity index (χ3v) is 8.14. The molecular formula is C36H40F4. The van der Waals surface area contributed by atoms with Gasteiger partial charge in [-0.2, -0.15) is 0 Å². The quantitative estimate of drug-likeness (QED) is 0.120. The van der Waals surface area contributed by atoms with Gasteiger partial charge in [-0.1, -0.05) is 99.4 Å². The van der Waals surface area contributed by atoms with Gasteiger partial charge in [0, 0.05) is 16.7 Å². The molecule has 0 saturated heterocycles. The fourth-order valence-electron chi connectivity index (χ4n) is 5.67. The molecule has 0 aliphatic heterocycles. The second kappa shape index (κ2) is 14.5. The molecule has 0 amide bonds. The third-order valence-electron chi connectivity index (χ3n) is 8.14. The number of halogens is 4. The molecule has 0 N–H and O–H groups in total. The molecule has 1 unspecified atom stereocenters. The zero-order valence-electron chi connectivity index (χ0n) is 23.7. The smallest absolute Gasteiger partial charge is 0.167 e. The number of unbranched alkanes of at least 4 members (excludes halogenated alkanes) is 4. The molecule has 0 saturated carbocycles. The Balaban J connectivity index is 1.47. The molecule has 212 valence electrons. The van der Waals surface area contributed by atoms with E-state index in [1.165, 1.54) is 0 Å². The van der Waals surface area contributed by atoms with Crippen LogP contribution in [-0.4, -0.2) is 0 Å². The summed E-state index contributed by atoms with van der Waals surface area (Å²) in [5.74, 6) is -2.82. The molecule has 3 aromatic rings. The monoisotopic (exact) mass is 548 g/mol. The molecule has 0 bridgehead atoms. The van der Waals surface area contributed by atoms with Crippen molar-refractivity contribution in [2.45, 2.75) is 84.5 Å². The van der Waals surface area contributed by atoms with Gasteiger partial charge in [0.1, 0.15) is 0 Å². The van der Waals surface area contributed by atoms with Crippen LogP contribution in [0.2, 0.25) is 0 Å². The average Bonchev–Trinajstić information content (AvgIpc) is 2.97. The van der Waals surface area contributed by atoms with E-state index in [1.807, 2.05) is 6.92 Å². The number of rotatable bonds is 12. The Morgan fingerprint density at radius 3 is 1.95 bits per heavy atom. The Morgan fingerprint density at radius 2 is 1.32 bits per heavy atom. The van der Waals surface area contributed by atoms with Gasteiger partial charge in [-0.3, -0.25) is 0 Å². The summed E-state index contributed by atoms with van der Waals surface area (Å²) in [6.45, 7) is 4.16. The van der Waals surface area contributed by atoms with Gasteiger partial charge in [-0.25, -0.2) is 17.6 Å². The number of allylic oxidation sites excluding steroid dienone is 4. The van der Waals surface area contributed by atoms with Crippen molar-refractivity contribution in [3.05, 3.63) is 101 Å². The number of benzene rings is 3. The predicted molar refractivity (Wildman–Crippen MR) is 159 cm³/mol. The van der Waals surface area contributed by atoms with Crippen LogP contribution in [0.3, 0.4) is 0 Å². The van der Waals surface area contributed by atoms with Crippen LogP contribution >= 0.6 is 0 Å². The van der Waals surface area contributed by atoms with Crippen molar-refractivity contribution in [3.63, 3.8) is 0 Å². The first-order valence-electron chi connectivity index (χ1n) is 14.8. The Morgan fingerprint density at radius 1 is 0.725 bits per heavy atom. The Kier molecular flexibility index (Phi) is 10.8. The summed E-state index contributed by atoms with van der Waals surface area (Å²) in [4.78, 5) is 0. The minimum absolute atomic E-state index is 0.151. The molecule has 1 aliphatic carbocycles. The number of hydrogen-bond donors (Lipinski definition) is 0. The highest BCUT2D eigenvalue weighted by atomic mass is 19.2. The topological polar surface area (TPSA) is 0 Å². The van der Waals surface area contributed by atoms with Crippen LogP contribution < -0.4 is 0 Å². The van der Waals surface area contributed by atoms with Crippen LogP contribution in [0, 0.1) is 29.2 Å². The van der Waals surface area contributed by atoms with Gasteiger partial charge < -0.3 is 0 Å². The van der Waals surface area contributed by atoms with E-state index in [-0.39, 0.29) is 11.1 Å². The van der Waals surface area contributed by atoms with Crippen LogP contribution in [0.15, 0.2) is 66.8 Å². The molecular weight excluding hydrogens is 508 g/mol. The van der Waals surface area contributed by atoms with Gasteiger partial charge in [0.05, 0.1) is 0 Å². The molecule has 1 aliphatic rings. The van der Waals surface area contributed by atoms with E-state index in [1.54, 1.807) is 48.5 Å². The highest BCUT2D eigenvalue weighted by Crippen LogP contribution is 2.37. The fourth-order valence-corrected chi connectivity index (χ4v) is 5.67. The van der Waals surface area contributed by atoms with Gasteiger partial charge in [-0.15, -0.1) is 0 Å². The summed E-state index contributed by atoms with van der Waals surface area (Å²) in [5, 5.41) is 0. The van der Waals surface area contributed by atoms with Crippen LogP contribution in [0.4, 0.5) is 17.6 Å². The molecule has 3 aromatic carbocycles. The number of aryl methyl sites for hydroxylation is 1. The lowest BCUT2D eigenvalue weighted by Gasteiger charge is -2.22. The van der Waals surface area contributed by atoms with Gasteiger partial charge in [0.15, 0.2) is 23.3 Å². The fraction of sp³-hybridized carbons (Fsp3) is 0.389. The van der Waals surface area contributed by atoms with Crippen LogP contribution in [-0.2, 0) is 6.42 Å². The van der Waals surface area contributed by atoms with Gasteiger partial charge in [-0.05, 0) is 80.1 Å². The van der Waals surface area contributed by atoms with Crippen molar-refractivity contribution in [1.82, 2.24) is 0 Å². The summed E-state index contributed by atoms with van der Waals surface area (Å²) in [6, 6.07) is 13.0. The van der Waals surface area contributed by atoms with Crippen molar-refractivity contribution in [2.24, 2.45) is 5.92 Å². The summed E-state index contributed by atoms with van der Waals surface area (Å²) in [6.07, 6.45) is 16.8. The SMILES string of the molecule is CC=CCCC1CC=C(c2ccc(-c3ccc(-c4ccc(CCCCCCC)c(F)c4F)cc3)c(F)c2F)CC1. The van der Waals surface area contributed by atoms with E-state index in [0.29, 0.717) is 34.6 Å². The Hall–Kier alpha value is -3.14. The van der Waals surface area contributed by atoms with Crippen molar-refractivity contribution in [1.29, 1.82) is 0 Å². The molecule has 0 spiro atoms. The summed E-state index contributed by atoms with van der Waals surface area (Å²) >= 11 is 0. The standard InChI is InChI=1S/C36H40F4/c1-3-5-7-8-10-12-29-21-22-30(34(38)33(29)37)27-17-19-28(20-18-27)32-24-23-31(35(39)36(32)40)26-15-13-25(14-16-26)11-9-6-4-2/h4,6,15,17-25H,3,5,7-14,16H2,1-2H3. The molecule has 0 fully saturated rings. The van der Waals surface area contributed by atoms with Crippen molar-refractivity contribution < 1.29 is 17.6 Å². The second-order valence-electron chi connectivity index (χ2n) is 10.9. The number of hydrogen-bond acceptors (Lipinski definition) is 0. The highest BCUT2D eigenvalue weighted by Gasteiger charge is 2.21. The first-order valence-corrected chi connectivity index (χ1v) is 14.8. The third kappa shape index (κ3) is 7.13. The molecule has 0 heterocycles. The molecule has 4 rings (SSSR count). The average molecular weight is 549 g/mol. The van der Waals surface area contributed by atoms with Crippen LogP contribution in [0.1, 0.15) is 89.2 Å². The van der Waals surface area contributed by atoms with E-state index in [0.717, 1.165) is 69.8 Å². The molecule has 0 radical (unpaired) electrons. The minimum atomic E-state index is -0.887. The van der Waals surface area contributed by atoms with Crippen molar-refractivity contribution in [3.8, 4) is 22.3 Å². The zero-order chi connectivity index (χ0) is 28.5. The minimum Gasteiger partial charge on any atom is -0.203 e. The van der Waals surface area contributed by atoms with E-state index in [9.17, 15) is 8.78 Å². The van der Waals surface area contributed by atoms with Crippen molar-refractivity contribution in [2.75, 3.05) is 0 Å². The maximum Gasteiger partial charge on any atom is 0.167 e. The molecule has 4 heteroatoms. The highest BCUT2D eigenvalue weighted by molar-refractivity contribution is 5.74. The van der Waals surface area contributed by atoms with Gasteiger partial charge in [0.25, 0.3) is 0 Å². The lowest BCUT2D eigenvalue weighted by molar-refractivity contribution is 0.452. The summed E-state index contributed by atoms with van der Waals surface area (Å²) in [7, 11) is 0. The maximum absolute atomic E-state index is 15.2. The van der Waals surface area contributed by atoms with Crippen LogP contribution in [0.5, 0.6) is 0 Å². The van der Waals surface area contributed by atoms with E-state index < -0.39 is 23.3 Å². The molecule has 0 nitrogen and oxygen atoms in total. The van der Waals surface area contributed by atoms with E-state index in [4.69, 9.17) is 0 Å². The molecule has 1 atom stereocenters. The van der Waals surface area contributed by atoms with Crippen molar-refractivity contribution >= 4 is 5.57 Å². The first-order chi connectivity index (χ1) is 19.4. The zero-order valence-corrected chi connectivity index (χ0v) is 23.7. The van der Waals surface area contributed by atoms with Gasteiger partial charge in [0.2, 0.25) is 0 Å². The predicted octanol–water partition coefficient (Wildman–Crippen LogP) is 11.6. The largest absolute Gasteiger partial charge is 0.203 e. The molecule has 40 heavy (non-hydrogen) atoms. The normalized spacial score (nSPS) is 15.6.